The second kappa shape index (κ2) is 11.2. The van der Waals surface area contributed by atoms with Crippen molar-refractivity contribution in [3.63, 3.8) is 0 Å². The van der Waals surface area contributed by atoms with E-state index in [2.05, 4.69) is 15.3 Å². The third kappa shape index (κ3) is 6.04. The van der Waals surface area contributed by atoms with Gasteiger partial charge in [0.1, 0.15) is 12.4 Å². The molecule has 1 atom stereocenters. The van der Waals surface area contributed by atoms with Crippen molar-refractivity contribution in [1.29, 1.82) is 0 Å². The molecule has 7 heteroatoms. The Morgan fingerprint density at radius 2 is 1.78 bits per heavy atom. The van der Waals surface area contributed by atoms with Gasteiger partial charge in [0.2, 0.25) is 0 Å². The molecular weight excluding hydrogens is 422 g/mol. The van der Waals surface area contributed by atoms with Gasteiger partial charge in [0.15, 0.2) is 0 Å². The zero-order valence-electron chi connectivity index (χ0n) is 18.0. The highest BCUT2D eigenvalue weighted by atomic mass is 32.2. The summed E-state index contributed by atoms with van der Waals surface area (Å²) in [5.41, 5.74) is 4.91. The van der Waals surface area contributed by atoms with Crippen LogP contribution >= 0.6 is 11.8 Å². The van der Waals surface area contributed by atoms with Crippen LogP contribution in [0.1, 0.15) is 33.5 Å². The first kappa shape index (κ1) is 23.2. The average Bonchev–Trinajstić information content (AvgIpc) is 2.81. The lowest BCUT2D eigenvalue weighted by molar-refractivity contribution is -0.139. The van der Waals surface area contributed by atoms with Gasteiger partial charge >= 0.3 is 5.97 Å². The van der Waals surface area contributed by atoms with Crippen molar-refractivity contribution in [2.75, 3.05) is 12.0 Å². The van der Waals surface area contributed by atoms with E-state index in [9.17, 15) is 14.7 Å². The molecule has 0 fully saturated rings. The van der Waals surface area contributed by atoms with Crippen molar-refractivity contribution in [1.82, 2.24) is 15.3 Å². The topological polar surface area (TPSA) is 92.2 Å². The van der Waals surface area contributed by atoms with E-state index in [-0.39, 0.29) is 0 Å². The molecule has 3 aromatic rings. The lowest BCUT2D eigenvalue weighted by Gasteiger charge is -2.17. The van der Waals surface area contributed by atoms with Crippen molar-refractivity contribution in [2.45, 2.75) is 19.4 Å². The van der Waals surface area contributed by atoms with Crippen molar-refractivity contribution in [3.8, 4) is 11.1 Å². The summed E-state index contributed by atoms with van der Waals surface area (Å²) in [7, 11) is 0. The number of aryl methyl sites for hydroxylation is 1. The molecule has 0 aliphatic heterocycles. The predicted octanol–water partition coefficient (Wildman–Crippen LogP) is 4.56. The maximum Gasteiger partial charge on any atom is 0.326 e. The first-order valence-electron chi connectivity index (χ1n) is 10.2. The van der Waals surface area contributed by atoms with E-state index in [0.29, 0.717) is 17.7 Å². The van der Waals surface area contributed by atoms with Gasteiger partial charge in [0.25, 0.3) is 5.91 Å². The number of hydrogen-bond acceptors (Lipinski definition) is 5. The monoisotopic (exact) mass is 447 g/mol. The number of thioether (sulfide) groups is 1. The maximum absolute atomic E-state index is 13.1. The highest BCUT2D eigenvalue weighted by molar-refractivity contribution is 7.98. The van der Waals surface area contributed by atoms with Gasteiger partial charge in [-0.1, -0.05) is 42.5 Å². The van der Waals surface area contributed by atoms with Gasteiger partial charge in [-0.2, -0.15) is 11.8 Å². The first-order chi connectivity index (χ1) is 15.5. The number of carbonyl (C=O) groups excluding carboxylic acids is 1. The second-order valence-electron chi connectivity index (χ2n) is 7.27. The van der Waals surface area contributed by atoms with Gasteiger partial charge in [0, 0.05) is 23.5 Å². The Hall–Kier alpha value is -3.45. The smallest absolute Gasteiger partial charge is 0.326 e. The summed E-state index contributed by atoms with van der Waals surface area (Å²) in [6.45, 7) is 1.99. The largest absolute Gasteiger partial charge is 0.480 e. The van der Waals surface area contributed by atoms with Gasteiger partial charge in [-0.15, -0.1) is 0 Å². The summed E-state index contributed by atoms with van der Waals surface area (Å²) in [6.07, 6.45) is 11.0. The third-order valence-electron chi connectivity index (χ3n) is 4.99. The van der Waals surface area contributed by atoms with Gasteiger partial charge in [-0.25, -0.2) is 14.8 Å². The Labute approximate surface area is 191 Å². The Balaban J connectivity index is 1.98. The molecule has 6 nitrogen and oxygen atoms in total. The van der Waals surface area contributed by atoms with Crippen LogP contribution < -0.4 is 5.32 Å². The fourth-order valence-corrected chi connectivity index (χ4v) is 3.75. The van der Waals surface area contributed by atoms with Crippen LogP contribution in [0.3, 0.4) is 0 Å². The Morgan fingerprint density at radius 3 is 2.47 bits per heavy atom. The molecule has 0 radical (unpaired) electrons. The van der Waals surface area contributed by atoms with Crippen LogP contribution in [0.5, 0.6) is 0 Å². The molecule has 0 bridgehead atoms. The van der Waals surface area contributed by atoms with Gasteiger partial charge in [-0.05, 0) is 59.7 Å². The molecule has 164 valence electrons. The van der Waals surface area contributed by atoms with Crippen LogP contribution in [0.15, 0.2) is 61.2 Å². The zero-order valence-corrected chi connectivity index (χ0v) is 18.8. The standard InChI is InChI=1S/C25H25N3O3S/c1-17-5-3-4-6-20(17)22-13-18(7-8-19-14-26-16-27-15-19)9-10-21(22)24(29)28-23(25(30)31)11-12-32-2/h3-10,13-16,23H,11-12H2,1-2H3,(H,28,29)(H,30,31)/b8-7+/t23-/m0/s1. The minimum absolute atomic E-state index is 0.363. The number of rotatable bonds is 9. The zero-order chi connectivity index (χ0) is 22.9. The van der Waals surface area contributed by atoms with E-state index < -0.39 is 17.9 Å². The molecule has 1 heterocycles. The Kier molecular flexibility index (Phi) is 8.16. The summed E-state index contributed by atoms with van der Waals surface area (Å²) in [4.78, 5) is 32.7. The van der Waals surface area contributed by atoms with E-state index in [1.54, 1.807) is 30.2 Å². The number of carboxylic acids is 1. The molecule has 1 aromatic heterocycles. The quantitative estimate of drug-likeness (QED) is 0.500. The molecule has 0 aliphatic carbocycles. The number of amides is 1. The summed E-state index contributed by atoms with van der Waals surface area (Å²) >= 11 is 1.55. The number of benzene rings is 2. The van der Waals surface area contributed by atoms with Crippen LogP contribution in [-0.2, 0) is 4.79 Å². The summed E-state index contributed by atoms with van der Waals surface area (Å²) in [5.74, 6) is -0.785. The van der Waals surface area contributed by atoms with Gasteiger partial charge in [0.05, 0.1) is 0 Å². The molecule has 0 saturated heterocycles. The van der Waals surface area contributed by atoms with E-state index in [1.165, 1.54) is 6.33 Å². The molecule has 0 spiro atoms. The van der Waals surface area contributed by atoms with Gasteiger partial charge < -0.3 is 10.4 Å². The molecule has 2 aromatic carbocycles. The van der Waals surface area contributed by atoms with E-state index in [1.807, 2.05) is 61.7 Å². The van der Waals surface area contributed by atoms with Crippen molar-refractivity contribution >= 4 is 35.8 Å². The maximum atomic E-state index is 13.1. The number of aliphatic carboxylic acids is 1. The van der Waals surface area contributed by atoms with Gasteiger partial charge in [-0.3, -0.25) is 4.79 Å². The molecule has 2 N–H and O–H groups in total. The minimum Gasteiger partial charge on any atom is -0.480 e. The Bertz CT molecular complexity index is 1120. The van der Waals surface area contributed by atoms with Crippen molar-refractivity contribution in [2.24, 2.45) is 0 Å². The second-order valence-corrected chi connectivity index (χ2v) is 8.26. The third-order valence-corrected chi connectivity index (χ3v) is 5.63. The van der Waals surface area contributed by atoms with Crippen molar-refractivity contribution < 1.29 is 14.7 Å². The number of hydrogen-bond donors (Lipinski definition) is 2. The Morgan fingerprint density at radius 1 is 1.06 bits per heavy atom. The minimum atomic E-state index is -1.03. The molecule has 1 amide bonds. The fourth-order valence-electron chi connectivity index (χ4n) is 3.28. The molecule has 32 heavy (non-hydrogen) atoms. The summed E-state index contributed by atoms with van der Waals surface area (Å²) in [5, 5.41) is 12.2. The molecule has 0 saturated carbocycles. The highest BCUT2D eigenvalue weighted by Gasteiger charge is 2.22. The number of nitrogens with zero attached hydrogens (tertiary/aromatic N) is 2. The van der Waals surface area contributed by atoms with Crippen LogP contribution in [0.2, 0.25) is 0 Å². The van der Waals surface area contributed by atoms with E-state index in [0.717, 1.165) is 27.8 Å². The van der Waals surface area contributed by atoms with Crippen LogP contribution in [0.4, 0.5) is 0 Å². The molecular formula is C25H25N3O3S. The number of aromatic nitrogens is 2. The number of nitrogens with one attached hydrogen (secondary N) is 1. The van der Waals surface area contributed by atoms with E-state index in [4.69, 9.17) is 0 Å². The van der Waals surface area contributed by atoms with Crippen LogP contribution in [-0.4, -0.2) is 45.0 Å². The SMILES string of the molecule is CSCC[C@H](NC(=O)c1ccc(/C=C/c2cncnc2)cc1-c1ccccc1C)C(=O)O. The highest BCUT2D eigenvalue weighted by Crippen LogP contribution is 2.29. The summed E-state index contributed by atoms with van der Waals surface area (Å²) < 4.78 is 0. The summed E-state index contributed by atoms with van der Waals surface area (Å²) in [6, 6.07) is 12.4. The molecule has 0 aliphatic rings. The lowest BCUT2D eigenvalue weighted by Crippen LogP contribution is -2.41. The fraction of sp³-hybridized carbons (Fsp3) is 0.200. The normalized spacial score (nSPS) is 11.9. The average molecular weight is 448 g/mol. The van der Waals surface area contributed by atoms with Crippen LogP contribution in [0, 0.1) is 6.92 Å². The van der Waals surface area contributed by atoms with E-state index >= 15 is 0 Å². The molecule has 0 unspecified atom stereocenters. The first-order valence-corrected chi connectivity index (χ1v) is 11.5. The van der Waals surface area contributed by atoms with Crippen LogP contribution in [0.25, 0.3) is 23.3 Å². The predicted molar refractivity (Wildman–Crippen MR) is 129 cm³/mol. The number of carbonyl (C=O) groups is 2. The lowest BCUT2D eigenvalue weighted by atomic mass is 9.93. The molecule has 3 rings (SSSR count). The number of carboxylic acid groups (broad SMARTS) is 1. The van der Waals surface area contributed by atoms with Crippen molar-refractivity contribution in [3.05, 3.63) is 83.4 Å².